The average molecular weight is 234 g/mol. The fraction of sp³-hybridized carbons (Fsp3) is 1.00. The topological polar surface area (TPSA) is 63.4 Å². The van der Waals surface area contributed by atoms with Crippen LogP contribution in [-0.4, -0.2) is 51.0 Å². The number of nitrogens with two attached hydrogens (primary N) is 1. The zero-order valence-corrected chi connectivity index (χ0v) is 10.3. The van der Waals surface area contributed by atoms with Gasteiger partial charge in [-0.1, -0.05) is 6.92 Å². The van der Waals surface area contributed by atoms with Gasteiger partial charge in [0.2, 0.25) is 0 Å². The summed E-state index contributed by atoms with van der Waals surface area (Å²) in [5.74, 6) is 0.600. The van der Waals surface area contributed by atoms with Crippen molar-refractivity contribution in [1.82, 2.24) is 4.90 Å². The second-order valence-corrected chi connectivity index (χ2v) is 6.73. The van der Waals surface area contributed by atoms with Crippen LogP contribution in [0.2, 0.25) is 0 Å². The van der Waals surface area contributed by atoms with E-state index in [4.69, 9.17) is 5.73 Å². The SMILES string of the molecule is CC(CN)CS(=O)(=O)CCN1CCCC1. The predicted octanol–water partition coefficient (Wildman–Crippen LogP) is 0.0918. The van der Waals surface area contributed by atoms with Gasteiger partial charge < -0.3 is 10.6 Å². The number of hydrogen-bond donors (Lipinski definition) is 1. The quantitative estimate of drug-likeness (QED) is 0.707. The molecule has 1 fully saturated rings. The number of sulfone groups is 1. The maximum atomic E-state index is 11.7. The molecule has 0 saturated carbocycles. The Hall–Kier alpha value is -0.130. The van der Waals surface area contributed by atoms with Gasteiger partial charge in [0.1, 0.15) is 0 Å². The second kappa shape index (κ2) is 5.82. The van der Waals surface area contributed by atoms with Crippen molar-refractivity contribution in [3.05, 3.63) is 0 Å². The zero-order chi connectivity index (χ0) is 11.3. The maximum Gasteiger partial charge on any atom is 0.151 e. The molecular weight excluding hydrogens is 212 g/mol. The molecule has 0 aromatic rings. The van der Waals surface area contributed by atoms with Crippen LogP contribution in [0.25, 0.3) is 0 Å². The van der Waals surface area contributed by atoms with Crippen LogP contribution in [0, 0.1) is 5.92 Å². The number of hydrogen-bond acceptors (Lipinski definition) is 4. The van der Waals surface area contributed by atoms with E-state index in [0.29, 0.717) is 13.1 Å². The molecule has 2 N–H and O–H groups in total. The molecule has 0 amide bonds. The first-order valence-electron chi connectivity index (χ1n) is 5.66. The molecule has 1 aliphatic heterocycles. The van der Waals surface area contributed by atoms with E-state index >= 15 is 0 Å². The van der Waals surface area contributed by atoms with Gasteiger partial charge in [0, 0.05) is 6.54 Å². The summed E-state index contributed by atoms with van der Waals surface area (Å²) in [5.41, 5.74) is 5.42. The number of rotatable bonds is 6. The summed E-state index contributed by atoms with van der Waals surface area (Å²) in [7, 11) is -2.90. The van der Waals surface area contributed by atoms with Gasteiger partial charge >= 0.3 is 0 Å². The van der Waals surface area contributed by atoms with Gasteiger partial charge in [-0.3, -0.25) is 0 Å². The lowest BCUT2D eigenvalue weighted by molar-refractivity contribution is 0.359. The molecule has 0 radical (unpaired) electrons. The van der Waals surface area contributed by atoms with Crippen molar-refractivity contribution in [3.8, 4) is 0 Å². The van der Waals surface area contributed by atoms with Gasteiger partial charge in [-0.25, -0.2) is 8.42 Å². The summed E-state index contributed by atoms with van der Waals surface area (Å²) in [4.78, 5) is 2.23. The van der Waals surface area contributed by atoms with E-state index in [1.54, 1.807) is 0 Å². The molecule has 1 unspecified atom stereocenters. The lowest BCUT2D eigenvalue weighted by atomic mass is 10.2. The fourth-order valence-electron chi connectivity index (χ4n) is 1.86. The van der Waals surface area contributed by atoms with Crippen LogP contribution >= 0.6 is 0 Å². The third kappa shape index (κ3) is 4.95. The Kier molecular flexibility index (Phi) is 5.02. The monoisotopic (exact) mass is 234 g/mol. The standard InChI is InChI=1S/C10H22N2O2S/c1-10(8-11)9-15(13,14)7-6-12-4-2-3-5-12/h10H,2-9,11H2,1H3. The van der Waals surface area contributed by atoms with Crippen LogP contribution in [0.4, 0.5) is 0 Å². The molecule has 5 heteroatoms. The minimum Gasteiger partial charge on any atom is -0.330 e. The largest absolute Gasteiger partial charge is 0.330 e. The molecule has 0 aromatic heterocycles. The molecule has 1 saturated heterocycles. The average Bonchev–Trinajstić information content (AvgIpc) is 2.66. The maximum absolute atomic E-state index is 11.7. The van der Waals surface area contributed by atoms with Gasteiger partial charge in [-0.05, 0) is 38.4 Å². The van der Waals surface area contributed by atoms with Crippen molar-refractivity contribution in [2.45, 2.75) is 19.8 Å². The normalized spacial score (nSPS) is 20.7. The minimum atomic E-state index is -2.90. The Morgan fingerprint density at radius 3 is 2.47 bits per heavy atom. The molecule has 90 valence electrons. The minimum absolute atomic E-state index is 0.0774. The van der Waals surface area contributed by atoms with E-state index < -0.39 is 9.84 Å². The van der Waals surface area contributed by atoms with E-state index in [-0.39, 0.29) is 17.4 Å². The lowest BCUT2D eigenvalue weighted by Gasteiger charge is -2.15. The molecule has 4 nitrogen and oxygen atoms in total. The third-order valence-electron chi connectivity index (χ3n) is 2.86. The molecule has 1 rings (SSSR count). The Morgan fingerprint density at radius 2 is 1.93 bits per heavy atom. The fourth-order valence-corrected chi connectivity index (χ4v) is 3.57. The van der Waals surface area contributed by atoms with Crippen LogP contribution in [0.1, 0.15) is 19.8 Å². The van der Waals surface area contributed by atoms with E-state index in [9.17, 15) is 8.42 Å². The van der Waals surface area contributed by atoms with Crippen molar-refractivity contribution >= 4 is 9.84 Å². The van der Waals surface area contributed by atoms with Crippen LogP contribution in [0.3, 0.4) is 0 Å². The molecule has 0 aromatic carbocycles. The highest BCUT2D eigenvalue weighted by atomic mass is 32.2. The van der Waals surface area contributed by atoms with E-state index in [0.717, 1.165) is 13.1 Å². The first-order valence-corrected chi connectivity index (χ1v) is 7.48. The van der Waals surface area contributed by atoms with Gasteiger partial charge in [0.15, 0.2) is 9.84 Å². The summed E-state index contributed by atoms with van der Waals surface area (Å²) in [5, 5.41) is 0. The number of nitrogens with zero attached hydrogens (tertiary/aromatic N) is 1. The Labute approximate surface area is 92.7 Å². The van der Waals surface area contributed by atoms with Crippen LogP contribution in [-0.2, 0) is 9.84 Å². The number of likely N-dealkylation sites (tertiary alicyclic amines) is 1. The summed E-state index contributed by atoms with van der Waals surface area (Å²) in [6.07, 6.45) is 2.42. The zero-order valence-electron chi connectivity index (χ0n) is 9.48. The molecule has 1 aliphatic rings. The highest BCUT2D eigenvalue weighted by Crippen LogP contribution is 2.08. The van der Waals surface area contributed by atoms with E-state index in [2.05, 4.69) is 4.90 Å². The van der Waals surface area contributed by atoms with Gasteiger partial charge in [-0.2, -0.15) is 0 Å². The van der Waals surface area contributed by atoms with E-state index in [1.165, 1.54) is 12.8 Å². The summed E-state index contributed by atoms with van der Waals surface area (Å²) in [6, 6.07) is 0. The molecular formula is C10H22N2O2S. The van der Waals surface area contributed by atoms with Crippen molar-refractivity contribution in [2.75, 3.05) is 37.7 Å². The van der Waals surface area contributed by atoms with Gasteiger partial charge in [0.25, 0.3) is 0 Å². The summed E-state index contributed by atoms with van der Waals surface area (Å²) < 4.78 is 23.3. The summed E-state index contributed by atoms with van der Waals surface area (Å²) in [6.45, 7) is 5.14. The van der Waals surface area contributed by atoms with Crippen molar-refractivity contribution in [3.63, 3.8) is 0 Å². The van der Waals surface area contributed by atoms with E-state index in [1.807, 2.05) is 6.92 Å². The third-order valence-corrected chi connectivity index (χ3v) is 4.74. The predicted molar refractivity (Wildman–Crippen MR) is 62.5 cm³/mol. The highest BCUT2D eigenvalue weighted by molar-refractivity contribution is 7.91. The second-order valence-electron chi connectivity index (χ2n) is 4.50. The molecule has 1 atom stereocenters. The first-order chi connectivity index (χ1) is 7.03. The first kappa shape index (κ1) is 12.9. The van der Waals surface area contributed by atoms with Crippen molar-refractivity contribution in [1.29, 1.82) is 0 Å². The molecule has 0 aliphatic carbocycles. The van der Waals surface area contributed by atoms with Crippen molar-refractivity contribution in [2.24, 2.45) is 11.7 Å². The molecule has 15 heavy (non-hydrogen) atoms. The highest BCUT2D eigenvalue weighted by Gasteiger charge is 2.18. The summed E-state index contributed by atoms with van der Waals surface area (Å²) >= 11 is 0. The Bertz CT molecular complexity index is 271. The van der Waals surface area contributed by atoms with Crippen molar-refractivity contribution < 1.29 is 8.42 Å². The van der Waals surface area contributed by atoms with Crippen LogP contribution in [0.5, 0.6) is 0 Å². The lowest BCUT2D eigenvalue weighted by Crippen LogP contribution is -2.30. The Morgan fingerprint density at radius 1 is 1.33 bits per heavy atom. The van der Waals surface area contributed by atoms with Crippen LogP contribution in [0.15, 0.2) is 0 Å². The Balaban J connectivity index is 2.29. The van der Waals surface area contributed by atoms with Crippen LogP contribution < -0.4 is 5.73 Å². The van der Waals surface area contributed by atoms with Gasteiger partial charge in [-0.15, -0.1) is 0 Å². The van der Waals surface area contributed by atoms with Gasteiger partial charge in [0.05, 0.1) is 11.5 Å². The molecule has 0 spiro atoms. The molecule has 1 heterocycles. The smallest absolute Gasteiger partial charge is 0.151 e. The molecule has 0 bridgehead atoms.